The molecule has 1 aliphatic heterocycles. The van der Waals surface area contributed by atoms with Crippen LogP contribution in [0.15, 0.2) is 72.8 Å². The molecule has 1 aliphatic rings. The van der Waals surface area contributed by atoms with E-state index in [0.717, 1.165) is 28.8 Å². The molecule has 1 unspecified atom stereocenters. The number of amides is 1. The van der Waals surface area contributed by atoms with Crippen LogP contribution in [0.3, 0.4) is 0 Å². The Morgan fingerprint density at radius 1 is 0.971 bits per heavy atom. The van der Waals surface area contributed by atoms with Gasteiger partial charge in [0.25, 0.3) is 5.91 Å². The molecule has 7 heteroatoms. The van der Waals surface area contributed by atoms with Crippen LogP contribution in [0.2, 0.25) is 5.02 Å². The SMILES string of the molecule is COc1ccc(C2c3c(-c4ccc(Cl)cc4)n[nH]c3C(=O)N2CCc2ccccc2)cc1OC. The van der Waals surface area contributed by atoms with Crippen LogP contribution in [0.25, 0.3) is 11.3 Å². The van der Waals surface area contributed by atoms with Gasteiger partial charge < -0.3 is 14.4 Å². The van der Waals surface area contributed by atoms with Gasteiger partial charge >= 0.3 is 0 Å². The third-order valence-electron chi connectivity index (χ3n) is 6.19. The fraction of sp³-hybridized carbons (Fsp3) is 0.185. The summed E-state index contributed by atoms with van der Waals surface area (Å²) in [6.45, 7) is 0.560. The molecule has 3 aromatic carbocycles. The molecule has 0 saturated heterocycles. The van der Waals surface area contributed by atoms with Crippen molar-refractivity contribution in [2.45, 2.75) is 12.5 Å². The largest absolute Gasteiger partial charge is 0.493 e. The topological polar surface area (TPSA) is 67.5 Å². The first-order valence-electron chi connectivity index (χ1n) is 11.0. The Labute approximate surface area is 203 Å². The molecule has 1 aromatic heterocycles. The summed E-state index contributed by atoms with van der Waals surface area (Å²) in [5, 5.41) is 8.17. The molecule has 5 rings (SSSR count). The Kier molecular flexibility index (Phi) is 5.99. The third-order valence-corrected chi connectivity index (χ3v) is 6.44. The quantitative estimate of drug-likeness (QED) is 0.383. The van der Waals surface area contributed by atoms with Gasteiger partial charge in [0, 0.05) is 22.7 Å². The summed E-state index contributed by atoms with van der Waals surface area (Å²) in [6.07, 6.45) is 0.740. The average Bonchev–Trinajstić information content (AvgIpc) is 3.42. The standard InChI is InChI=1S/C27H24ClN3O3/c1-33-21-13-10-19(16-22(21)34-2)26-23-24(18-8-11-20(28)12-9-18)29-30-25(23)27(32)31(26)15-14-17-6-4-3-5-7-17/h3-13,16,26H,14-15H2,1-2H3,(H,29,30). The molecule has 0 radical (unpaired) electrons. The van der Waals surface area contributed by atoms with E-state index < -0.39 is 0 Å². The first-order valence-corrected chi connectivity index (χ1v) is 11.4. The van der Waals surface area contributed by atoms with Gasteiger partial charge in [-0.1, -0.05) is 60.1 Å². The Morgan fingerprint density at radius 2 is 1.71 bits per heavy atom. The number of methoxy groups -OCH3 is 2. The van der Waals surface area contributed by atoms with Crippen LogP contribution in [-0.4, -0.2) is 41.8 Å². The third kappa shape index (κ3) is 3.90. The van der Waals surface area contributed by atoms with Crippen LogP contribution < -0.4 is 9.47 Å². The van der Waals surface area contributed by atoms with Gasteiger partial charge in [0.15, 0.2) is 11.5 Å². The predicted molar refractivity (Wildman–Crippen MR) is 132 cm³/mol. The van der Waals surface area contributed by atoms with Crippen molar-refractivity contribution in [1.29, 1.82) is 0 Å². The molecule has 1 atom stereocenters. The summed E-state index contributed by atoms with van der Waals surface area (Å²) in [7, 11) is 3.21. The van der Waals surface area contributed by atoms with Crippen molar-refractivity contribution in [2.75, 3.05) is 20.8 Å². The summed E-state index contributed by atoms with van der Waals surface area (Å²) < 4.78 is 11.0. The number of rotatable bonds is 7. The van der Waals surface area contributed by atoms with E-state index in [2.05, 4.69) is 22.3 Å². The van der Waals surface area contributed by atoms with E-state index in [-0.39, 0.29) is 11.9 Å². The summed E-state index contributed by atoms with van der Waals surface area (Å²) in [4.78, 5) is 15.5. The van der Waals surface area contributed by atoms with E-state index in [0.29, 0.717) is 28.8 Å². The number of carbonyl (C=O) groups excluding carboxylic acids is 1. The zero-order chi connectivity index (χ0) is 23.7. The molecule has 34 heavy (non-hydrogen) atoms. The van der Waals surface area contributed by atoms with Crippen LogP contribution >= 0.6 is 11.6 Å². The maximum Gasteiger partial charge on any atom is 0.273 e. The summed E-state index contributed by atoms with van der Waals surface area (Å²) in [6, 6.07) is 23.1. The molecule has 4 aromatic rings. The highest BCUT2D eigenvalue weighted by molar-refractivity contribution is 6.30. The van der Waals surface area contributed by atoms with E-state index in [1.165, 1.54) is 5.56 Å². The highest BCUT2D eigenvalue weighted by Crippen LogP contribution is 2.44. The number of fused-ring (bicyclic) bond motifs is 1. The Balaban J connectivity index is 1.60. The van der Waals surface area contributed by atoms with Crippen molar-refractivity contribution in [3.8, 4) is 22.8 Å². The molecule has 1 amide bonds. The Morgan fingerprint density at radius 3 is 2.41 bits per heavy atom. The van der Waals surface area contributed by atoms with Crippen LogP contribution in [0.1, 0.15) is 33.2 Å². The number of nitrogens with one attached hydrogen (secondary N) is 1. The first kappa shape index (κ1) is 22.0. The number of hydrogen-bond donors (Lipinski definition) is 1. The van der Waals surface area contributed by atoms with Crippen molar-refractivity contribution in [1.82, 2.24) is 15.1 Å². The van der Waals surface area contributed by atoms with E-state index in [4.69, 9.17) is 21.1 Å². The second kappa shape index (κ2) is 9.23. The zero-order valence-corrected chi connectivity index (χ0v) is 19.7. The predicted octanol–water partition coefficient (Wildman–Crippen LogP) is 5.54. The summed E-state index contributed by atoms with van der Waals surface area (Å²) in [5.74, 6) is 1.18. The second-order valence-electron chi connectivity index (χ2n) is 8.12. The first-order chi connectivity index (χ1) is 16.6. The van der Waals surface area contributed by atoms with Gasteiger partial charge in [-0.15, -0.1) is 0 Å². The number of H-pyrrole nitrogens is 1. The number of ether oxygens (including phenoxy) is 2. The lowest BCUT2D eigenvalue weighted by molar-refractivity contribution is 0.0745. The summed E-state index contributed by atoms with van der Waals surface area (Å²) in [5.41, 5.74) is 5.10. The minimum absolute atomic E-state index is 0.0709. The number of aromatic nitrogens is 2. The maximum atomic E-state index is 13.6. The van der Waals surface area contributed by atoms with Gasteiger partial charge in [0.2, 0.25) is 0 Å². The molecule has 172 valence electrons. The molecular weight excluding hydrogens is 450 g/mol. The lowest BCUT2D eigenvalue weighted by Gasteiger charge is -2.27. The highest BCUT2D eigenvalue weighted by Gasteiger charge is 2.42. The number of carbonyl (C=O) groups is 1. The minimum Gasteiger partial charge on any atom is -0.493 e. The fourth-order valence-electron chi connectivity index (χ4n) is 4.52. The van der Waals surface area contributed by atoms with Crippen molar-refractivity contribution >= 4 is 17.5 Å². The van der Waals surface area contributed by atoms with Gasteiger partial charge in [0.1, 0.15) is 5.69 Å². The van der Waals surface area contributed by atoms with Gasteiger partial charge in [-0.25, -0.2) is 0 Å². The number of nitrogens with zero attached hydrogens (tertiary/aromatic N) is 2. The maximum absolute atomic E-state index is 13.6. The Bertz CT molecular complexity index is 1320. The van der Waals surface area contributed by atoms with Crippen molar-refractivity contribution < 1.29 is 14.3 Å². The highest BCUT2D eigenvalue weighted by atomic mass is 35.5. The van der Waals surface area contributed by atoms with Crippen LogP contribution in [0.4, 0.5) is 0 Å². The molecular formula is C27H24ClN3O3. The Hall–Kier alpha value is -3.77. The smallest absolute Gasteiger partial charge is 0.273 e. The zero-order valence-electron chi connectivity index (χ0n) is 18.9. The van der Waals surface area contributed by atoms with E-state index in [9.17, 15) is 4.79 Å². The summed E-state index contributed by atoms with van der Waals surface area (Å²) >= 11 is 6.11. The lowest BCUT2D eigenvalue weighted by atomic mass is 9.95. The monoisotopic (exact) mass is 473 g/mol. The molecule has 0 bridgehead atoms. The van der Waals surface area contributed by atoms with Crippen LogP contribution in [0, 0.1) is 0 Å². The second-order valence-corrected chi connectivity index (χ2v) is 8.56. The van der Waals surface area contributed by atoms with E-state index in [1.54, 1.807) is 14.2 Å². The molecule has 1 N–H and O–H groups in total. The average molecular weight is 474 g/mol. The van der Waals surface area contributed by atoms with Crippen LogP contribution in [-0.2, 0) is 6.42 Å². The van der Waals surface area contributed by atoms with Gasteiger partial charge in [-0.2, -0.15) is 5.10 Å². The van der Waals surface area contributed by atoms with Crippen molar-refractivity contribution in [3.05, 3.63) is 100 Å². The molecule has 0 aliphatic carbocycles. The number of halogens is 1. The number of hydrogen-bond acceptors (Lipinski definition) is 4. The molecule has 2 heterocycles. The lowest BCUT2D eigenvalue weighted by Crippen LogP contribution is -2.31. The van der Waals surface area contributed by atoms with E-state index in [1.807, 2.05) is 65.6 Å². The molecule has 0 saturated carbocycles. The number of benzene rings is 3. The number of aromatic amines is 1. The van der Waals surface area contributed by atoms with Gasteiger partial charge in [-0.05, 0) is 41.8 Å². The van der Waals surface area contributed by atoms with Crippen molar-refractivity contribution in [2.24, 2.45) is 0 Å². The molecule has 0 spiro atoms. The van der Waals surface area contributed by atoms with E-state index >= 15 is 0 Å². The van der Waals surface area contributed by atoms with Gasteiger partial charge in [0.05, 0.1) is 26.0 Å². The molecule has 6 nitrogen and oxygen atoms in total. The fourth-order valence-corrected chi connectivity index (χ4v) is 4.64. The van der Waals surface area contributed by atoms with Crippen LogP contribution in [0.5, 0.6) is 11.5 Å². The normalized spacial score (nSPS) is 14.9. The molecule has 0 fully saturated rings. The minimum atomic E-state index is -0.324. The van der Waals surface area contributed by atoms with Gasteiger partial charge in [-0.3, -0.25) is 9.89 Å². The van der Waals surface area contributed by atoms with Crippen molar-refractivity contribution in [3.63, 3.8) is 0 Å².